The maximum Gasteiger partial charge on any atom is 0.128 e. The van der Waals surface area contributed by atoms with Gasteiger partial charge in [0.25, 0.3) is 0 Å². The summed E-state index contributed by atoms with van der Waals surface area (Å²) >= 11 is 0. The van der Waals surface area contributed by atoms with Crippen molar-refractivity contribution in [2.45, 2.75) is 37.4 Å². The Morgan fingerprint density at radius 1 is 0.864 bits per heavy atom. The summed E-state index contributed by atoms with van der Waals surface area (Å²) < 4.78 is 0. The first-order valence-corrected chi connectivity index (χ1v) is 8.08. The van der Waals surface area contributed by atoms with Gasteiger partial charge in [-0.05, 0) is 36.3 Å². The summed E-state index contributed by atoms with van der Waals surface area (Å²) in [7, 11) is 0. The summed E-state index contributed by atoms with van der Waals surface area (Å²) in [4.78, 5) is 0. The van der Waals surface area contributed by atoms with Crippen LogP contribution >= 0.6 is 0 Å². The standard InChI is InChI=1S/C20H22O2/c1-18-13-12-17(14-18)19(21,15-8-4-2-5-9-15)20(18,22)16-10-6-3-7-11-16/h2-11,17,21-22H,12-14H2,1H3/t17-,18+,19-,20+/m1/s1. The van der Waals surface area contributed by atoms with Gasteiger partial charge >= 0.3 is 0 Å². The second kappa shape index (κ2) is 4.43. The Kier molecular flexibility index (Phi) is 2.82. The molecule has 2 bridgehead atoms. The maximum atomic E-state index is 11.8. The minimum Gasteiger partial charge on any atom is -0.381 e. The lowest BCUT2D eigenvalue weighted by Gasteiger charge is -2.51. The van der Waals surface area contributed by atoms with E-state index in [2.05, 4.69) is 6.92 Å². The van der Waals surface area contributed by atoms with Crippen LogP contribution in [-0.4, -0.2) is 10.2 Å². The lowest BCUT2D eigenvalue weighted by Crippen LogP contribution is -2.57. The van der Waals surface area contributed by atoms with E-state index in [-0.39, 0.29) is 11.3 Å². The first kappa shape index (κ1) is 14.0. The van der Waals surface area contributed by atoms with E-state index >= 15 is 0 Å². The zero-order valence-corrected chi connectivity index (χ0v) is 12.9. The molecule has 2 fully saturated rings. The van der Waals surface area contributed by atoms with Gasteiger partial charge in [-0.15, -0.1) is 0 Å². The van der Waals surface area contributed by atoms with Crippen LogP contribution in [0.3, 0.4) is 0 Å². The Morgan fingerprint density at radius 2 is 1.41 bits per heavy atom. The molecular weight excluding hydrogens is 272 g/mol. The number of fused-ring (bicyclic) bond motifs is 2. The molecule has 0 aliphatic heterocycles. The molecule has 4 atom stereocenters. The SMILES string of the molecule is C[C@]12CC[C@H](C1)[C@](O)(c1ccccc1)[C@]2(O)c1ccccc1. The smallest absolute Gasteiger partial charge is 0.128 e. The van der Waals surface area contributed by atoms with Crippen molar-refractivity contribution >= 4 is 0 Å². The molecule has 4 rings (SSSR count). The summed E-state index contributed by atoms with van der Waals surface area (Å²) in [6, 6.07) is 19.4. The van der Waals surface area contributed by atoms with E-state index in [1.807, 2.05) is 60.7 Å². The molecule has 2 aromatic carbocycles. The molecule has 2 aromatic rings. The Labute approximate surface area is 131 Å². The summed E-state index contributed by atoms with van der Waals surface area (Å²) in [6.07, 6.45) is 2.79. The molecule has 0 saturated heterocycles. The van der Waals surface area contributed by atoms with Crippen LogP contribution in [0.5, 0.6) is 0 Å². The van der Waals surface area contributed by atoms with Crippen molar-refractivity contribution in [3.63, 3.8) is 0 Å². The van der Waals surface area contributed by atoms with Crippen molar-refractivity contribution in [2.24, 2.45) is 11.3 Å². The molecule has 22 heavy (non-hydrogen) atoms. The highest BCUT2D eigenvalue weighted by molar-refractivity contribution is 5.41. The highest BCUT2D eigenvalue weighted by Crippen LogP contribution is 2.71. The molecule has 0 radical (unpaired) electrons. The van der Waals surface area contributed by atoms with Crippen LogP contribution in [0.25, 0.3) is 0 Å². The van der Waals surface area contributed by atoms with E-state index in [0.717, 1.165) is 30.4 Å². The van der Waals surface area contributed by atoms with Crippen LogP contribution in [0.15, 0.2) is 60.7 Å². The molecule has 0 heterocycles. The topological polar surface area (TPSA) is 40.5 Å². The number of hydrogen-bond donors (Lipinski definition) is 2. The van der Waals surface area contributed by atoms with Gasteiger partial charge in [0.1, 0.15) is 11.2 Å². The molecule has 0 spiro atoms. The third-order valence-electron chi connectivity index (χ3n) is 6.16. The minimum absolute atomic E-state index is 0.102. The monoisotopic (exact) mass is 294 g/mol. The molecule has 2 heteroatoms. The van der Waals surface area contributed by atoms with Crippen LogP contribution < -0.4 is 0 Å². The zero-order chi connectivity index (χ0) is 15.4. The fourth-order valence-electron chi connectivity index (χ4n) is 5.07. The highest BCUT2D eigenvalue weighted by Gasteiger charge is 2.73. The van der Waals surface area contributed by atoms with Crippen LogP contribution in [0.2, 0.25) is 0 Å². The molecule has 0 unspecified atom stereocenters. The maximum absolute atomic E-state index is 11.8. The van der Waals surface area contributed by atoms with Crippen molar-refractivity contribution in [1.82, 2.24) is 0 Å². The van der Waals surface area contributed by atoms with Crippen LogP contribution in [-0.2, 0) is 11.2 Å². The molecule has 2 aliphatic carbocycles. The molecule has 2 N–H and O–H groups in total. The van der Waals surface area contributed by atoms with Gasteiger partial charge in [0, 0.05) is 5.41 Å². The molecule has 0 amide bonds. The lowest BCUT2D eigenvalue weighted by atomic mass is 9.60. The predicted octanol–water partition coefficient (Wildman–Crippen LogP) is 3.58. The van der Waals surface area contributed by atoms with Gasteiger partial charge in [0.15, 0.2) is 0 Å². The Bertz CT molecular complexity index is 683. The van der Waals surface area contributed by atoms with Gasteiger partial charge in [0.2, 0.25) is 0 Å². The number of hydrogen-bond acceptors (Lipinski definition) is 2. The number of benzene rings is 2. The molecule has 0 aromatic heterocycles. The van der Waals surface area contributed by atoms with E-state index < -0.39 is 11.2 Å². The Morgan fingerprint density at radius 3 is 2.00 bits per heavy atom. The fourth-order valence-corrected chi connectivity index (χ4v) is 5.07. The number of rotatable bonds is 2. The molecule has 2 aliphatic rings. The third-order valence-corrected chi connectivity index (χ3v) is 6.16. The summed E-state index contributed by atoms with van der Waals surface area (Å²) in [5.41, 5.74) is -1.10. The Hall–Kier alpha value is -1.64. The van der Waals surface area contributed by atoms with Gasteiger partial charge in [-0.1, -0.05) is 67.6 Å². The average molecular weight is 294 g/mol. The van der Waals surface area contributed by atoms with E-state index in [9.17, 15) is 10.2 Å². The van der Waals surface area contributed by atoms with Crippen molar-refractivity contribution in [2.75, 3.05) is 0 Å². The summed E-state index contributed by atoms with van der Waals surface area (Å²) in [6.45, 7) is 2.13. The summed E-state index contributed by atoms with van der Waals surface area (Å²) in [5, 5.41) is 23.6. The normalized spacial score (nSPS) is 40.0. The molecule has 2 nitrogen and oxygen atoms in total. The van der Waals surface area contributed by atoms with Gasteiger partial charge in [-0.25, -0.2) is 0 Å². The fraction of sp³-hybridized carbons (Fsp3) is 0.400. The van der Waals surface area contributed by atoms with Gasteiger partial charge in [-0.2, -0.15) is 0 Å². The first-order valence-electron chi connectivity index (χ1n) is 8.08. The van der Waals surface area contributed by atoms with Gasteiger partial charge in [0.05, 0.1) is 0 Å². The quantitative estimate of drug-likeness (QED) is 0.888. The average Bonchev–Trinajstić information content (AvgIpc) is 3.05. The van der Waals surface area contributed by atoms with Crippen LogP contribution in [0, 0.1) is 11.3 Å². The Balaban J connectivity index is 1.97. The van der Waals surface area contributed by atoms with Crippen molar-refractivity contribution in [1.29, 1.82) is 0 Å². The van der Waals surface area contributed by atoms with Crippen LogP contribution in [0.4, 0.5) is 0 Å². The van der Waals surface area contributed by atoms with Crippen molar-refractivity contribution < 1.29 is 10.2 Å². The minimum atomic E-state index is -1.24. The molecule has 114 valence electrons. The number of aliphatic hydroxyl groups is 2. The van der Waals surface area contributed by atoms with E-state index in [4.69, 9.17) is 0 Å². The largest absolute Gasteiger partial charge is 0.381 e. The first-order chi connectivity index (χ1) is 10.5. The van der Waals surface area contributed by atoms with Gasteiger partial charge < -0.3 is 10.2 Å². The van der Waals surface area contributed by atoms with Crippen molar-refractivity contribution in [3.05, 3.63) is 71.8 Å². The van der Waals surface area contributed by atoms with Crippen LogP contribution in [0.1, 0.15) is 37.3 Å². The van der Waals surface area contributed by atoms with Crippen molar-refractivity contribution in [3.8, 4) is 0 Å². The highest BCUT2D eigenvalue weighted by atomic mass is 16.4. The lowest BCUT2D eigenvalue weighted by molar-refractivity contribution is -0.219. The summed E-state index contributed by atoms with van der Waals surface area (Å²) in [5.74, 6) is 0.102. The van der Waals surface area contributed by atoms with E-state index in [1.165, 1.54) is 0 Å². The second-order valence-corrected chi connectivity index (χ2v) is 7.21. The predicted molar refractivity (Wildman–Crippen MR) is 86.1 cm³/mol. The molecule has 2 saturated carbocycles. The zero-order valence-electron chi connectivity index (χ0n) is 12.9. The van der Waals surface area contributed by atoms with Gasteiger partial charge in [-0.3, -0.25) is 0 Å². The second-order valence-electron chi connectivity index (χ2n) is 7.21. The van der Waals surface area contributed by atoms with E-state index in [1.54, 1.807) is 0 Å². The molecular formula is C20H22O2. The third kappa shape index (κ3) is 1.47. The van der Waals surface area contributed by atoms with E-state index in [0.29, 0.717) is 0 Å².